The van der Waals surface area contributed by atoms with E-state index in [1.165, 1.54) is 11.9 Å². The van der Waals surface area contributed by atoms with E-state index >= 15 is 0 Å². The summed E-state index contributed by atoms with van der Waals surface area (Å²) in [7, 11) is -2.80. The van der Waals surface area contributed by atoms with Crippen LogP contribution in [0.3, 0.4) is 0 Å². The van der Waals surface area contributed by atoms with Crippen molar-refractivity contribution < 1.29 is 31.1 Å². The van der Waals surface area contributed by atoms with Crippen LogP contribution in [-0.2, 0) is 21.0 Å². The second-order valence-corrected chi connectivity index (χ2v) is 8.09. The van der Waals surface area contributed by atoms with Gasteiger partial charge in [-0.05, 0) is 37.3 Å². The van der Waals surface area contributed by atoms with Gasteiger partial charge in [-0.1, -0.05) is 23.8 Å². The zero-order chi connectivity index (χ0) is 21.7. The number of halogens is 3. The van der Waals surface area contributed by atoms with Gasteiger partial charge in [-0.15, -0.1) is 0 Å². The van der Waals surface area contributed by atoms with Gasteiger partial charge in [0.15, 0.2) is 0 Å². The minimum Gasteiger partial charge on any atom is -0.492 e. The molecule has 1 N–H and O–H groups in total. The molecule has 1 amide bonds. The fraction of sp³-hybridized carbons (Fsp3) is 0.316. The molecule has 0 unspecified atom stereocenters. The van der Waals surface area contributed by atoms with Crippen LogP contribution >= 0.6 is 0 Å². The van der Waals surface area contributed by atoms with Crippen molar-refractivity contribution in [1.82, 2.24) is 9.62 Å². The predicted molar refractivity (Wildman–Crippen MR) is 101 cm³/mol. The van der Waals surface area contributed by atoms with Crippen LogP contribution in [0.25, 0.3) is 0 Å². The van der Waals surface area contributed by atoms with Crippen molar-refractivity contribution in [3.05, 3.63) is 59.7 Å². The topological polar surface area (TPSA) is 75.7 Å². The highest BCUT2D eigenvalue weighted by Crippen LogP contribution is 2.30. The number of amides is 1. The lowest BCUT2D eigenvalue weighted by molar-refractivity contribution is -0.137. The van der Waals surface area contributed by atoms with Crippen LogP contribution < -0.4 is 9.46 Å². The number of hydrogen-bond acceptors (Lipinski definition) is 4. The van der Waals surface area contributed by atoms with E-state index in [9.17, 15) is 26.4 Å². The number of benzene rings is 2. The van der Waals surface area contributed by atoms with Gasteiger partial charge in [-0.3, -0.25) is 4.79 Å². The summed E-state index contributed by atoms with van der Waals surface area (Å²) in [6, 6.07) is 10.7. The van der Waals surface area contributed by atoms with E-state index in [2.05, 4.69) is 0 Å². The number of carbonyl (C=O) groups is 1. The van der Waals surface area contributed by atoms with E-state index in [4.69, 9.17) is 4.74 Å². The van der Waals surface area contributed by atoms with Gasteiger partial charge in [-0.2, -0.15) is 13.2 Å². The van der Waals surface area contributed by atoms with Gasteiger partial charge in [0.2, 0.25) is 15.9 Å². The molecular formula is C19H21F3N2O4S. The second-order valence-electron chi connectivity index (χ2n) is 6.33. The molecule has 6 nitrogen and oxygen atoms in total. The van der Waals surface area contributed by atoms with E-state index in [1.807, 2.05) is 23.8 Å². The maximum Gasteiger partial charge on any atom is 0.416 e. The van der Waals surface area contributed by atoms with Crippen LogP contribution in [0.5, 0.6) is 5.75 Å². The molecule has 0 saturated heterocycles. The Balaban J connectivity index is 1.87. The Labute approximate surface area is 167 Å². The summed E-state index contributed by atoms with van der Waals surface area (Å²) in [5, 5.41) is 0. The molecule has 0 spiro atoms. The standard InChI is InChI=1S/C19H21F3N2O4S/c1-14-6-8-16(9-7-14)28-11-10-24(2)18(25)13-23-29(26,27)17-5-3-4-15(12-17)19(20,21)22/h3-9,12,23H,10-11,13H2,1-2H3. The number of nitrogens with zero attached hydrogens (tertiary/aromatic N) is 1. The Morgan fingerprint density at radius 2 is 1.79 bits per heavy atom. The van der Waals surface area contributed by atoms with Crippen LogP contribution in [0.4, 0.5) is 13.2 Å². The summed E-state index contributed by atoms with van der Waals surface area (Å²) in [5.74, 6) is 0.0924. The summed E-state index contributed by atoms with van der Waals surface area (Å²) >= 11 is 0. The van der Waals surface area contributed by atoms with Crippen LogP contribution in [-0.4, -0.2) is 46.0 Å². The molecule has 29 heavy (non-hydrogen) atoms. The van der Waals surface area contributed by atoms with E-state index in [1.54, 1.807) is 12.1 Å². The lowest BCUT2D eigenvalue weighted by Crippen LogP contribution is -2.39. The molecule has 0 bridgehead atoms. The molecule has 2 rings (SSSR count). The molecule has 0 fully saturated rings. The largest absolute Gasteiger partial charge is 0.492 e. The minimum absolute atomic E-state index is 0.200. The van der Waals surface area contributed by atoms with Crippen LogP contribution in [0.2, 0.25) is 0 Å². The van der Waals surface area contributed by atoms with E-state index < -0.39 is 39.1 Å². The number of ether oxygens (including phenoxy) is 1. The van der Waals surface area contributed by atoms with Gasteiger partial charge in [0, 0.05) is 7.05 Å². The minimum atomic E-state index is -4.67. The zero-order valence-electron chi connectivity index (χ0n) is 15.9. The Hall–Kier alpha value is -2.59. The lowest BCUT2D eigenvalue weighted by Gasteiger charge is -2.18. The molecule has 0 aliphatic rings. The highest BCUT2D eigenvalue weighted by atomic mass is 32.2. The van der Waals surface area contributed by atoms with Crippen LogP contribution in [0.15, 0.2) is 53.4 Å². The summed E-state index contributed by atoms with van der Waals surface area (Å²) < 4.78 is 70.2. The number of aryl methyl sites for hydroxylation is 1. The molecule has 0 saturated carbocycles. The molecule has 2 aromatic rings. The van der Waals surface area contributed by atoms with Crippen LogP contribution in [0, 0.1) is 6.92 Å². The predicted octanol–water partition coefficient (Wildman–Crippen LogP) is 2.83. The Kier molecular flexibility index (Phi) is 7.26. The van der Waals surface area contributed by atoms with Gasteiger partial charge < -0.3 is 9.64 Å². The lowest BCUT2D eigenvalue weighted by atomic mass is 10.2. The molecule has 0 atom stereocenters. The van der Waals surface area contributed by atoms with Crippen molar-refractivity contribution in [1.29, 1.82) is 0 Å². The number of nitrogens with one attached hydrogen (secondary N) is 1. The van der Waals surface area contributed by atoms with E-state index in [-0.39, 0.29) is 13.2 Å². The fourth-order valence-corrected chi connectivity index (χ4v) is 3.29. The average molecular weight is 430 g/mol. The molecule has 0 heterocycles. The van der Waals surface area contributed by atoms with Crippen molar-refractivity contribution in [2.45, 2.75) is 18.0 Å². The average Bonchev–Trinajstić information content (AvgIpc) is 2.67. The van der Waals surface area contributed by atoms with Gasteiger partial charge >= 0.3 is 6.18 Å². The number of carbonyl (C=O) groups excluding carboxylic acids is 1. The highest BCUT2D eigenvalue weighted by Gasteiger charge is 2.31. The zero-order valence-corrected chi connectivity index (χ0v) is 16.7. The maximum absolute atomic E-state index is 12.7. The van der Waals surface area contributed by atoms with Crippen molar-refractivity contribution in [2.75, 3.05) is 26.7 Å². The molecule has 0 radical (unpaired) electrons. The molecule has 10 heteroatoms. The third-order valence-corrected chi connectivity index (χ3v) is 5.43. The molecule has 0 aliphatic carbocycles. The first-order chi connectivity index (χ1) is 13.5. The normalized spacial score (nSPS) is 11.9. The third-order valence-electron chi connectivity index (χ3n) is 4.03. The Bertz CT molecular complexity index is 945. The number of sulfonamides is 1. The maximum atomic E-state index is 12.7. The van der Waals surface area contributed by atoms with Gasteiger partial charge in [-0.25, -0.2) is 13.1 Å². The van der Waals surface area contributed by atoms with E-state index in [0.29, 0.717) is 11.8 Å². The SMILES string of the molecule is Cc1ccc(OCCN(C)C(=O)CNS(=O)(=O)c2cccc(C(F)(F)F)c2)cc1. The molecule has 2 aromatic carbocycles. The van der Waals surface area contributed by atoms with Gasteiger partial charge in [0.1, 0.15) is 12.4 Å². The summed E-state index contributed by atoms with van der Waals surface area (Å²) in [6.45, 7) is 1.76. The van der Waals surface area contributed by atoms with Crippen molar-refractivity contribution in [3.8, 4) is 5.75 Å². The number of alkyl halides is 3. The fourth-order valence-electron chi connectivity index (χ4n) is 2.27. The van der Waals surface area contributed by atoms with Gasteiger partial charge in [0.05, 0.1) is 23.5 Å². The summed E-state index contributed by atoms with van der Waals surface area (Å²) in [6.07, 6.45) is -4.67. The highest BCUT2D eigenvalue weighted by molar-refractivity contribution is 7.89. The molecule has 158 valence electrons. The Morgan fingerprint density at radius 1 is 1.14 bits per heavy atom. The molecule has 0 aliphatic heterocycles. The summed E-state index contributed by atoms with van der Waals surface area (Å²) in [4.78, 5) is 12.8. The first-order valence-corrected chi connectivity index (χ1v) is 10.1. The number of rotatable bonds is 8. The van der Waals surface area contributed by atoms with Crippen molar-refractivity contribution in [3.63, 3.8) is 0 Å². The molecular weight excluding hydrogens is 409 g/mol. The molecule has 0 aromatic heterocycles. The monoisotopic (exact) mass is 430 g/mol. The first-order valence-electron chi connectivity index (χ1n) is 8.59. The van der Waals surface area contributed by atoms with Crippen molar-refractivity contribution in [2.24, 2.45) is 0 Å². The van der Waals surface area contributed by atoms with Gasteiger partial charge in [0.25, 0.3) is 0 Å². The second kappa shape index (κ2) is 9.27. The summed E-state index contributed by atoms with van der Waals surface area (Å²) in [5.41, 5.74) is -0.00484. The van der Waals surface area contributed by atoms with Crippen molar-refractivity contribution >= 4 is 15.9 Å². The Morgan fingerprint density at radius 3 is 2.41 bits per heavy atom. The number of likely N-dealkylation sites (N-methyl/N-ethyl adjacent to an activating group) is 1. The third kappa shape index (κ3) is 6.75. The van der Waals surface area contributed by atoms with E-state index in [0.717, 1.165) is 23.8 Å². The van der Waals surface area contributed by atoms with Crippen LogP contribution in [0.1, 0.15) is 11.1 Å². The smallest absolute Gasteiger partial charge is 0.416 e. The first kappa shape index (κ1) is 22.7. The number of hydrogen-bond donors (Lipinski definition) is 1. The quantitative estimate of drug-likeness (QED) is 0.699.